The van der Waals surface area contributed by atoms with Gasteiger partial charge in [0.05, 0.1) is 26.1 Å². The Bertz CT molecular complexity index is 1050. The molecular weight excluding hydrogens is 404 g/mol. The molecule has 1 aromatic heterocycles. The van der Waals surface area contributed by atoms with Crippen molar-refractivity contribution in [3.63, 3.8) is 0 Å². The number of aromatic nitrogens is 2. The lowest BCUT2D eigenvalue weighted by molar-refractivity contribution is -0.129. The number of amides is 1. The van der Waals surface area contributed by atoms with E-state index in [1.165, 1.54) is 5.56 Å². The minimum absolute atomic E-state index is 0.219. The van der Waals surface area contributed by atoms with Crippen LogP contribution in [0.2, 0.25) is 0 Å². The summed E-state index contributed by atoms with van der Waals surface area (Å²) in [5, 5.41) is 7.97. The predicted molar refractivity (Wildman–Crippen MR) is 123 cm³/mol. The Morgan fingerprint density at radius 3 is 2.66 bits per heavy atom. The van der Waals surface area contributed by atoms with Crippen LogP contribution in [0.25, 0.3) is 5.69 Å². The molecule has 1 saturated heterocycles. The molecule has 1 atom stereocenters. The molecule has 32 heavy (non-hydrogen) atoms. The van der Waals surface area contributed by atoms with Gasteiger partial charge in [-0.3, -0.25) is 4.79 Å². The highest BCUT2D eigenvalue weighted by molar-refractivity contribution is 5.78. The van der Waals surface area contributed by atoms with E-state index in [0.29, 0.717) is 13.0 Å². The average Bonchev–Trinajstić information content (AvgIpc) is 3.44. The normalized spacial score (nSPS) is 15.9. The van der Waals surface area contributed by atoms with E-state index in [9.17, 15) is 4.79 Å². The third kappa shape index (κ3) is 5.29. The summed E-state index contributed by atoms with van der Waals surface area (Å²) in [6.07, 6.45) is 6.27. The van der Waals surface area contributed by atoms with Crippen LogP contribution in [-0.4, -0.2) is 47.4 Å². The van der Waals surface area contributed by atoms with Crippen molar-refractivity contribution in [2.45, 2.75) is 38.4 Å². The van der Waals surface area contributed by atoms with Gasteiger partial charge < -0.3 is 19.7 Å². The second-order valence-electron chi connectivity index (χ2n) is 8.03. The summed E-state index contributed by atoms with van der Waals surface area (Å²) < 4.78 is 12.4. The second-order valence-corrected chi connectivity index (χ2v) is 8.03. The SMILES string of the molecule is COc1cccc(CNCCC2CCC(=O)N2Cc2cnn(-c3cccc(OC)c3)c2)c1. The molecule has 1 aliphatic heterocycles. The van der Waals surface area contributed by atoms with Gasteiger partial charge in [-0.15, -0.1) is 0 Å². The first-order valence-corrected chi connectivity index (χ1v) is 11.0. The molecule has 7 nitrogen and oxygen atoms in total. The highest BCUT2D eigenvalue weighted by atomic mass is 16.5. The molecule has 1 amide bonds. The number of nitrogens with zero attached hydrogens (tertiary/aromatic N) is 3. The Balaban J connectivity index is 1.31. The van der Waals surface area contributed by atoms with E-state index < -0.39 is 0 Å². The molecule has 0 spiro atoms. The van der Waals surface area contributed by atoms with Crippen LogP contribution in [0, 0.1) is 0 Å². The first kappa shape index (κ1) is 21.9. The molecule has 0 saturated carbocycles. The predicted octanol–water partition coefficient (Wildman–Crippen LogP) is 3.56. The van der Waals surface area contributed by atoms with Crippen LogP contribution in [0.5, 0.6) is 11.5 Å². The topological polar surface area (TPSA) is 68.6 Å². The fourth-order valence-electron chi connectivity index (χ4n) is 4.13. The summed E-state index contributed by atoms with van der Waals surface area (Å²) in [6, 6.07) is 16.1. The van der Waals surface area contributed by atoms with E-state index in [1.807, 2.05) is 64.4 Å². The lowest BCUT2D eigenvalue weighted by Crippen LogP contribution is -2.34. The fraction of sp³-hybridized carbons (Fsp3) is 0.360. The molecule has 2 heterocycles. The number of nitrogens with one attached hydrogen (secondary N) is 1. The van der Waals surface area contributed by atoms with Gasteiger partial charge in [0.25, 0.3) is 0 Å². The summed E-state index contributed by atoms with van der Waals surface area (Å²) >= 11 is 0. The fourth-order valence-corrected chi connectivity index (χ4v) is 4.13. The molecule has 3 aromatic rings. The molecule has 0 aliphatic carbocycles. The third-order valence-electron chi connectivity index (χ3n) is 5.88. The number of hydrogen-bond donors (Lipinski definition) is 1. The Labute approximate surface area is 188 Å². The molecule has 1 fully saturated rings. The minimum Gasteiger partial charge on any atom is -0.497 e. The van der Waals surface area contributed by atoms with Gasteiger partial charge in [-0.05, 0) is 49.2 Å². The van der Waals surface area contributed by atoms with Crippen molar-refractivity contribution in [1.29, 1.82) is 0 Å². The maximum atomic E-state index is 12.5. The minimum atomic E-state index is 0.219. The largest absolute Gasteiger partial charge is 0.497 e. The van der Waals surface area contributed by atoms with Gasteiger partial charge in [0.15, 0.2) is 0 Å². The first-order chi connectivity index (χ1) is 15.7. The lowest BCUT2D eigenvalue weighted by atomic mass is 10.1. The Morgan fingerprint density at radius 1 is 1.06 bits per heavy atom. The van der Waals surface area contributed by atoms with Gasteiger partial charge >= 0.3 is 0 Å². The van der Waals surface area contributed by atoms with Gasteiger partial charge in [0.2, 0.25) is 5.91 Å². The van der Waals surface area contributed by atoms with Crippen LogP contribution in [0.15, 0.2) is 60.9 Å². The van der Waals surface area contributed by atoms with E-state index in [4.69, 9.17) is 9.47 Å². The van der Waals surface area contributed by atoms with Crippen LogP contribution in [-0.2, 0) is 17.9 Å². The average molecular weight is 435 g/mol. The van der Waals surface area contributed by atoms with Crippen molar-refractivity contribution in [2.24, 2.45) is 0 Å². The summed E-state index contributed by atoms with van der Waals surface area (Å²) in [4.78, 5) is 14.5. The maximum Gasteiger partial charge on any atom is 0.223 e. The second kappa shape index (κ2) is 10.3. The number of carbonyl (C=O) groups excluding carboxylic acids is 1. The number of likely N-dealkylation sites (tertiary alicyclic amines) is 1. The number of benzene rings is 2. The number of rotatable bonds is 10. The summed E-state index contributed by atoms with van der Waals surface area (Å²) in [5.74, 6) is 1.87. The summed E-state index contributed by atoms with van der Waals surface area (Å²) in [7, 11) is 3.33. The molecule has 0 radical (unpaired) electrons. The zero-order valence-electron chi connectivity index (χ0n) is 18.7. The molecule has 0 bridgehead atoms. The monoisotopic (exact) mass is 434 g/mol. The molecule has 1 aliphatic rings. The van der Waals surface area contributed by atoms with Crippen LogP contribution in [0.3, 0.4) is 0 Å². The Hall–Kier alpha value is -3.32. The molecule has 1 unspecified atom stereocenters. The third-order valence-corrected chi connectivity index (χ3v) is 5.88. The lowest BCUT2D eigenvalue weighted by Gasteiger charge is -2.24. The zero-order chi connectivity index (χ0) is 22.3. The summed E-state index contributed by atoms with van der Waals surface area (Å²) in [6.45, 7) is 2.23. The van der Waals surface area contributed by atoms with Gasteiger partial charge in [0, 0.05) is 43.4 Å². The van der Waals surface area contributed by atoms with E-state index in [2.05, 4.69) is 16.5 Å². The van der Waals surface area contributed by atoms with Crippen molar-refractivity contribution in [3.8, 4) is 17.2 Å². The van der Waals surface area contributed by atoms with Gasteiger partial charge in [0.1, 0.15) is 11.5 Å². The Kier molecular flexibility index (Phi) is 7.07. The summed E-state index contributed by atoms with van der Waals surface area (Å²) in [5.41, 5.74) is 3.15. The smallest absolute Gasteiger partial charge is 0.223 e. The molecule has 168 valence electrons. The maximum absolute atomic E-state index is 12.5. The van der Waals surface area contributed by atoms with Crippen molar-refractivity contribution in [3.05, 3.63) is 72.1 Å². The molecule has 1 N–H and O–H groups in total. The van der Waals surface area contributed by atoms with Crippen LogP contribution >= 0.6 is 0 Å². The highest BCUT2D eigenvalue weighted by Crippen LogP contribution is 2.24. The Morgan fingerprint density at radius 2 is 1.84 bits per heavy atom. The van der Waals surface area contributed by atoms with E-state index in [0.717, 1.165) is 48.7 Å². The number of methoxy groups -OCH3 is 2. The van der Waals surface area contributed by atoms with Crippen molar-refractivity contribution in [1.82, 2.24) is 20.0 Å². The van der Waals surface area contributed by atoms with Crippen LogP contribution in [0.4, 0.5) is 0 Å². The van der Waals surface area contributed by atoms with Crippen LogP contribution < -0.4 is 14.8 Å². The zero-order valence-corrected chi connectivity index (χ0v) is 18.7. The quantitative estimate of drug-likeness (QED) is 0.494. The van der Waals surface area contributed by atoms with Crippen molar-refractivity contribution in [2.75, 3.05) is 20.8 Å². The number of hydrogen-bond acceptors (Lipinski definition) is 5. The molecule has 2 aromatic carbocycles. The number of ether oxygens (including phenoxy) is 2. The van der Waals surface area contributed by atoms with Crippen molar-refractivity contribution >= 4 is 5.91 Å². The van der Waals surface area contributed by atoms with E-state index >= 15 is 0 Å². The number of carbonyl (C=O) groups is 1. The van der Waals surface area contributed by atoms with Crippen molar-refractivity contribution < 1.29 is 14.3 Å². The van der Waals surface area contributed by atoms with Gasteiger partial charge in [-0.2, -0.15) is 5.10 Å². The molecule has 7 heteroatoms. The van der Waals surface area contributed by atoms with Gasteiger partial charge in [-0.1, -0.05) is 18.2 Å². The standard InChI is InChI=1S/C25H30N4O3/c1-31-23-7-3-5-19(13-23)15-26-12-11-21-9-10-25(30)28(21)17-20-16-27-29(18-20)22-6-4-8-24(14-22)32-2/h3-8,13-14,16,18,21,26H,9-12,15,17H2,1-2H3. The van der Waals surface area contributed by atoms with E-state index in [1.54, 1.807) is 14.2 Å². The van der Waals surface area contributed by atoms with Gasteiger partial charge in [-0.25, -0.2) is 4.68 Å². The molecular formula is C25H30N4O3. The first-order valence-electron chi connectivity index (χ1n) is 11.0. The highest BCUT2D eigenvalue weighted by Gasteiger charge is 2.30. The van der Waals surface area contributed by atoms with E-state index in [-0.39, 0.29) is 11.9 Å². The van der Waals surface area contributed by atoms with Crippen LogP contribution in [0.1, 0.15) is 30.4 Å². The molecule has 4 rings (SSSR count).